The number of fused-ring (bicyclic) bond motifs is 1. The second kappa shape index (κ2) is 8.31. The highest BCUT2D eigenvalue weighted by Crippen LogP contribution is 2.46. The van der Waals surface area contributed by atoms with E-state index >= 15 is 0 Å². The molecule has 1 aliphatic heterocycles. The molecule has 0 fully saturated rings. The number of benzene rings is 3. The quantitative estimate of drug-likeness (QED) is 0.412. The first kappa shape index (κ1) is 20.7. The molecule has 0 saturated carbocycles. The van der Waals surface area contributed by atoms with E-state index in [0.29, 0.717) is 5.56 Å². The molecule has 1 heterocycles. The van der Waals surface area contributed by atoms with Gasteiger partial charge in [0.25, 0.3) is 0 Å². The van der Waals surface area contributed by atoms with Crippen molar-refractivity contribution < 1.29 is 18.7 Å². The lowest BCUT2D eigenvalue weighted by Crippen LogP contribution is -2.22. The average molecular weight is 455 g/mol. The average Bonchev–Trinajstić information content (AvgIpc) is 2.73. The third kappa shape index (κ3) is 3.81. The summed E-state index contributed by atoms with van der Waals surface area (Å²) in [6.07, 6.45) is 0. The number of nitrogens with zero attached hydrogens (tertiary/aromatic N) is 1. The van der Waals surface area contributed by atoms with Crippen molar-refractivity contribution in [1.82, 2.24) is 0 Å². The molecule has 0 spiro atoms. The minimum atomic E-state index is -0.879. The molecule has 1 unspecified atom stereocenters. The van der Waals surface area contributed by atoms with Crippen molar-refractivity contribution in [2.24, 2.45) is 5.73 Å². The predicted molar refractivity (Wildman–Crippen MR) is 114 cm³/mol. The van der Waals surface area contributed by atoms with Crippen molar-refractivity contribution in [3.05, 3.63) is 105 Å². The summed E-state index contributed by atoms with van der Waals surface area (Å²) in [4.78, 5) is 12.4. The number of allylic oxidation sites excluding steroid dienone is 1. The molecule has 31 heavy (non-hydrogen) atoms. The first-order chi connectivity index (χ1) is 14.9. The molecule has 2 N–H and O–H groups in total. The molecule has 4 rings (SSSR count). The van der Waals surface area contributed by atoms with Gasteiger partial charge >= 0.3 is 5.97 Å². The van der Waals surface area contributed by atoms with E-state index in [0.717, 1.165) is 0 Å². The van der Waals surface area contributed by atoms with Crippen LogP contribution in [0.15, 0.2) is 72.1 Å². The van der Waals surface area contributed by atoms with Crippen LogP contribution in [0.3, 0.4) is 0 Å². The molecule has 0 bridgehead atoms. The number of nitriles is 1. The van der Waals surface area contributed by atoms with Crippen LogP contribution in [0.4, 0.5) is 4.39 Å². The smallest absolute Gasteiger partial charge is 0.345 e. The molecule has 5 nitrogen and oxygen atoms in total. The monoisotopic (exact) mass is 454 g/mol. The van der Waals surface area contributed by atoms with Crippen LogP contribution in [0, 0.1) is 17.1 Å². The number of hydrogen-bond acceptors (Lipinski definition) is 5. The molecule has 0 saturated heterocycles. The standard InChI is InChI=1S/C23H13Cl2FN2O3/c24-16-5-2-1-4-13(16)23(29)30-12-8-9-14-19(10-12)31-22(28)15(11-27)20(14)21-17(25)6-3-7-18(21)26/h1-10,20H,28H2. The van der Waals surface area contributed by atoms with Crippen molar-refractivity contribution in [3.63, 3.8) is 0 Å². The molecule has 8 heteroatoms. The Hall–Kier alpha value is -3.53. The zero-order valence-corrected chi connectivity index (χ0v) is 17.2. The third-order valence-electron chi connectivity index (χ3n) is 4.78. The fraction of sp³-hybridized carbons (Fsp3) is 0.0435. The molecule has 0 radical (unpaired) electrons. The van der Waals surface area contributed by atoms with Gasteiger partial charge in [0.1, 0.15) is 29.0 Å². The van der Waals surface area contributed by atoms with Gasteiger partial charge in [-0.2, -0.15) is 5.26 Å². The van der Waals surface area contributed by atoms with Crippen LogP contribution in [0.5, 0.6) is 11.5 Å². The Morgan fingerprint density at radius 1 is 1.10 bits per heavy atom. The van der Waals surface area contributed by atoms with Crippen LogP contribution in [0.2, 0.25) is 10.0 Å². The molecule has 0 aromatic heterocycles. The van der Waals surface area contributed by atoms with E-state index in [9.17, 15) is 14.4 Å². The summed E-state index contributed by atoms with van der Waals surface area (Å²) in [5.74, 6) is -1.93. The Morgan fingerprint density at radius 3 is 2.55 bits per heavy atom. The van der Waals surface area contributed by atoms with E-state index in [1.807, 2.05) is 6.07 Å². The Labute approximate surface area is 187 Å². The maximum Gasteiger partial charge on any atom is 0.345 e. The predicted octanol–water partition coefficient (Wildman–Crippen LogP) is 5.57. The Morgan fingerprint density at radius 2 is 1.84 bits per heavy atom. The van der Waals surface area contributed by atoms with Crippen molar-refractivity contribution in [1.29, 1.82) is 5.26 Å². The van der Waals surface area contributed by atoms with Gasteiger partial charge in [0.2, 0.25) is 5.88 Å². The van der Waals surface area contributed by atoms with Gasteiger partial charge in [-0.15, -0.1) is 0 Å². The zero-order chi connectivity index (χ0) is 22.1. The summed E-state index contributed by atoms with van der Waals surface area (Å²) in [5.41, 5.74) is 6.73. The van der Waals surface area contributed by atoms with Crippen LogP contribution >= 0.6 is 23.2 Å². The fourth-order valence-electron chi connectivity index (χ4n) is 3.37. The van der Waals surface area contributed by atoms with Crippen LogP contribution in [-0.4, -0.2) is 5.97 Å². The Kier molecular flexibility index (Phi) is 5.55. The van der Waals surface area contributed by atoms with E-state index in [1.165, 1.54) is 36.4 Å². The van der Waals surface area contributed by atoms with Gasteiger partial charge in [0.05, 0.1) is 16.5 Å². The number of nitrogens with two attached hydrogens (primary N) is 1. The second-order valence-electron chi connectivity index (χ2n) is 6.63. The van der Waals surface area contributed by atoms with Gasteiger partial charge in [-0.25, -0.2) is 9.18 Å². The highest BCUT2D eigenvalue weighted by molar-refractivity contribution is 6.33. The number of ether oxygens (including phenoxy) is 2. The second-order valence-corrected chi connectivity index (χ2v) is 7.44. The number of carbonyl (C=O) groups excluding carboxylic acids is 1. The molecule has 3 aromatic rings. The third-order valence-corrected chi connectivity index (χ3v) is 5.44. The van der Waals surface area contributed by atoms with Crippen LogP contribution in [0.1, 0.15) is 27.4 Å². The van der Waals surface area contributed by atoms with E-state index in [-0.39, 0.29) is 44.1 Å². The first-order valence-electron chi connectivity index (χ1n) is 9.03. The summed E-state index contributed by atoms with van der Waals surface area (Å²) in [5, 5.41) is 10.0. The van der Waals surface area contributed by atoms with Crippen molar-refractivity contribution in [3.8, 4) is 17.6 Å². The number of halogens is 3. The van der Waals surface area contributed by atoms with Crippen LogP contribution < -0.4 is 15.2 Å². The van der Waals surface area contributed by atoms with Crippen molar-refractivity contribution in [2.75, 3.05) is 0 Å². The first-order valence-corrected chi connectivity index (χ1v) is 9.78. The summed E-state index contributed by atoms with van der Waals surface area (Å²) < 4.78 is 25.6. The molecular weight excluding hydrogens is 442 g/mol. The molecule has 0 amide bonds. The van der Waals surface area contributed by atoms with Gasteiger partial charge in [-0.3, -0.25) is 0 Å². The normalized spacial score (nSPS) is 15.0. The number of esters is 1. The molecule has 1 atom stereocenters. The van der Waals surface area contributed by atoms with Crippen molar-refractivity contribution >= 4 is 29.2 Å². The zero-order valence-electron chi connectivity index (χ0n) is 15.7. The molecule has 0 aliphatic carbocycles. The summed E-state index contributed by atoms with van der Waals surface area (Å²) in [6, 6.07) is 17.2. The van der Waals surface area contributed by atoms with Gasteiger partial charge in [-0.1, -0.05) is 47.5 Å². The van der Waals surface area contributed by atoms with Gasteiger partial charge in [-0.05, 0) is 30.3 Å². The topological polar surface area (TPSA) is 85.3 Å². The summed E-state index contributed by atoms with van der Waals surface area (Å²) >= 11 is 12.3. The highest BCUT2D eigenvalue weighted by Gasteiger charge is 2.34. The van der Waals surface area contributed by atoms with Crippen LogP contribution in [-0.2, 0) is 0 Å². The number of carbonyl (C=O) groups is 1. The lowest BCUT2D eigenvalue weighted by atomic mass is 9.83. The largest absolute Gasteiger partial charge is 0.440 e. The maximum absolute atomic E-state index is 14.7. The highest BCUT2D eigenvalue weighted by atomic mass is 35.5. The molecule has 3 aromatic carbocycles. The lowest BCUT2D eigenvalue weighted by molar-refractivity contribution is 0.0734. The van der Waals surface area contributed by atoms with E-state index < -0.39 is 17.7 Å². The van der Waals surface area contributed by atoms with E-state index in [2.05, 4.69) is 0 Å². The molecule has 154 valence electrons. The Balaban J connectivity index is 1.75. The van der Waals surface area contributed by atoms with Crippen LogP contribution in [0.25, 0.3) is 0 Å². The van der Waals surface area contributed by atoms with E-state index in [1.54, 1.807) is 24.3 Å². The van der Waals surface area contributed by atoms with Gasteiger partial charge < -0.3 is 15.2 Å². The lowest BCUT2D eigenvalue weighted by Gasteiger charge is -2.27. The van der Waals surface area contributed by atoms with E-state index in [4.69, 9.17) is 38.4 Å². The molecular formula is C23H13Cl2FN2O3. The maximum atomic E-state index is 14.7. The summed E-state index contributed by atoms with van der Waals surface area (Å²) in [7, 11) is 0. The minimum Gasteiger partial charge on any atom is -0.440 e. The SMILES string of the molecule is N#CC1=C(N)Oc2cc(OC(=O)c3ccccc3Cl)ccc2C1c1c(F)cccc1Cl. The molecule has 1 aliphatic rings. The minimum absolute atomic E-state index is 0.0281. The van der Waals surface area contributed by atoms with Gasteiger partial charge in [0, 0.05) is 22.2 Å². The fourth-order valence-corrected chi connectivity index (χ4v) is 3.86. The Bertz CT molecular complexity index is 1260. The van der Waals surface area contributed by atoms with Gasteiger partial charge in [0.15, 0.2) is 0 Å². The number of rotatable bonds is 3. The van der Waals surface area contributed by atoms with Crippen molar-refractivity contribution in [2.45, 2.75) is 5.92 Å². The summed E-state index contributed by atoms with van der Waals surface area (Å²) in [6.45, 7) is 0. The number of hydrogen-bond donors (Lipinski definition) is 1.